The zero-order valence-corrected chi connectivity index (χ0v) is 19.5. The molecule has 1 fully saturated rings. The summed E-state index contributed by atoms with van der Waals surface area (Å²) in [6.45, 7) is 2.78. The van der Waals surface area contributed by atoms with E-state index in [4.69, 9.17) is 0 Å². The van der Waals surface area contributed by atoms with Crippen molar-refractivity contribution >= 4 is 23.4 Å². The van der Waals surface area contributed by atoms with E-state index in [1.165, 1.54) is 24.3 Å². The Labute approximate surface area is 204 Å². The summed E-state index contributed by atoms with van der Waals surface area (Å²) in [5.74, 6) is -1.27. The van der Waals surface area contributed by atoms with E-state index in [0.29, 0.717) is 42.7 Å². The van der Waals surface area contributed by atoms with E-state index in [0.717, 1.165) is 5.56 Å². The highest BCUT2D eigenvalue weighted by Gasteiger charge is 2.28. The summed E-state index contributed by atoms with van der Waals surface area (Å²) in [6.07, 6.45) is 1.02. The van der Waals surface area contributed by atoms with E-state index >= 15 is 0 Å². The van der Waals surface area contributed by atoms with Crippen LogP contribution >= 0.6 is 0 Å². The fourth-order valence-electron chi connectivity index (χ4n) is 4.24. The first-order valence-electron chi connectivity index (χ1n) is 11.7. The Hall–Kier alpha value is -4.00. The van der Waals surface area contributed by atoms with Crippen LogP contribution < -0.4 is 10.6 Å². The lowest BCUT2D eigenvalue weighted by atomic mass is 9.95. The highest BCUT2D eigenvalue weighted by Crippen LogP contribution is 2.23. The maximum Gasteiger partial charge on any atom is 0.253 e. The van der Waals surface area contributed by atoms with Gasteiger partial charge < -0.3 is 15.5 Å². The van der Waals surface area contributed by atoms with Crippen LogP contribution in [0, 0.1) is 11.7 Å². The minimum atomic E-state index is -0.389. The normalized spacial score (nSPS) is 14.7. The molecule has 4 rings (SSSR count). The van der Waals surface area contributed by atoms with Gasteiger partial charge in [-0.05, 0) is 61.7 Å². The Morgan fingerprint density at radius 1 is 0.886 bits per heavy atom. The molecule has 0 radical (unpaired) electrons. The van der Waals surface area contributed by atoms with Crippen LogP contribution in [-0.2, 0) is 4.79 Å². The lowest BCUT2D eigenvalue weighted by Gasteiger charge is -2.31. The van der Waals surface area contributed by atoms with Crippen molar-refractivity contribution in [1.29, 1.82) is 0 Å². The van der Waals surface area contributed by atoms with Gasteiger partial charge in [0.2, 0.25) is 5.91 Å². The number of carbonyl (C=O) groups is 3. The Kier molecular flexibility index (Phi) is 7.55. The zero-order chi connectivity index (χ0) is 24.8. The highest BCUT2D eigenvalue weighted by molar-refractivity contribution is 6.04. The van der Waals surface area contributed by atoms with Gasteiger partial charge in [-0.1, -0.05) is 42.5 Å². The number of carbonyl (C=O) groups excluding carboxylic acids is 3. The van der Waals surface area contributed by atoms with Crippen LogP contribution in [0.5, 0.6) is 0 Å². The number of nitrogens with zero attached hydrogens (tertiary/aromatic N) is 1. The van der Waals surface area contributed by atoms with Gasteiger partial charge in [-0.15, -0.1) is 0 Å². The summed E-state index contributed by atoms with van der Waals surface area (Å²) in [6, 6.07) is 21.9. The fourth-order valence-corrected chi connectivity index (χ4v) is 4.24. The molecule has 1 atom stereocenters. The van der Waals surface area contributed by atoms with Gasteiger partial charge in [0.1, 0.15) is 5.82 Å². The first kappa shape index (κ1) is 24.1. The van der Waals surface area contributed by atoms with Crippen LogP contribution in [0.1, 0.15) is 52.1 Å². The third kappa shape index (κ3) is 5.93. The lowest BCUT2D eigenvalue weighted by Crippen LogP contribution is -2.41. The first-order chi connectivity index (χ1) is 16.9. The summed E-state index contributed by atoms with van der Waals surface area (Å²) < 4.78 is 13.1. The van der Waals surface area contributed by atoms with Crippen molar-refractivity contribution in [2.75, 3.05) is 18.4 Å². The van der Waals surface area contributed by atoms with Crippen molar-refractivity contribution in [3.63, 3.8) is 0 Å². The average molecular weight is 474 g/mol. The summed E-state index contributed by atoms with van der Waals surface area (Å²) in [5, 5.41) is 5.90. The second kappa shape index (κ2) is 11.0. The Bertz CT molecular complexity index is 1190. The Morgan fingerprint density at radius 3 is 2.20 bits per heavy atom. The number of halogens is 1. The van der Waals surface area contributed by atoms with Crippen molar-refractivity contribution in [1.82, 2.24) is 10.2 Å². The van der Waals surface area contributed by atoms with E-state index in [1.807, 2.05) is 37.3 Å². The summed E-state index contributed by atoms with van der Waals surface area (Å²) in [5.41, 5.74) is 2.27. The maximum atomic E-state index is 13.1. The largest absolute Gasteiger partial charge is 0.345 e. The van der Waals surface area contributed by atoms with E-state index in [1.54, 1.807) is 29.2 Å². The summed E-state index contributed by atoms with van der Waals surface area (Å²) in [7, 11) is 0. The number of hydrogen-bond donors (Lipinski definition) is 2. The molecule has 1 saturated heterocycles. The third-order valence-electron chi connectivity index (χ3n) is 6.32. The van der Waals surface area contributed by atoms with Gasteiger partial charge in [0.25, 0.3) is 11.8 Å². The molecular formula is C28H28FN3O3. The predicted molar refractivity (Wildman–Crippen MR) is 132 cm³/mol. The molecule has 0 bridgehead atoms. The molecule has 0 aromatic heterocycles. The third-order valence-corrected chi connectivity index (χ3v) is 6.32. The van der Waals surface area contributed by atoms with Crippen LogP contribution in [0.15, 0.2) is 78.9 Å². The van der Waals surface area contributed by atoms with Crippen molar-refractivity contribution in [3.05, 3.63) is 101 Å². The number of anilines is 1. The molecule has 180 valence electrons. The molecule has 6 nitrogen and oxygen atoms in total. The number of nitrogens with one attached hydrogen (secondary N) is 2. The topological polar surface area (TPSA) is 78.5 Å². The molecule has 1 unspecified atom stereocenters. The molecule has 2 N–H and O–H groups in total. The molecule has 1 aliphatic rings. The van der Waals surface area contributed by atoms with Gasteiger partial charge in [-0.3, -0.25) is 14.4 Å². The van der Waals surface area contributed by atoms with Crippen molar-refractivity contribution in [2.24, 2.45) is 5.92 Å². The second-order valence-corrected chi connectivity index (χ2v) is 8.71. The molecule has 3 amide bonds. The summed E-state index contributed by atoms with van der Waals surface area (Å²) in [4.78, 5) is 40.3. The van der Waals surface area contributed by atoms with Gasteiger partial charge in [0.15, 0.2) is 0 Å². The number of piperidine rings is 1. The molecule has 1 heterocycles. The quantitative estimate of drug-likeness (QED) is 0.540. The Balaban J connectivity index is 1.35. The molecule has 0 aliphatic carbocycles. The number of benzene rings is 3. The molecule has 0 spiro atoms. The molecule has 7 heteroatoms. The standard InChI is InChI=1S/C28H28FN3O3/c1-19(20-7-3-2-4-8-20)30-27(34)24-9-5-6-10-25(24)31-26(33)21-15-17-32(18-16-21)28(35)22-11-13-23(29)14-12-22/h2-14,19,21H,15-18H2,1H3,(H,30,34)(H,31,33). The first-order valence-corrected chi connectivity index (χ1v) is 11.7. The van der Waals surface area contributed by atoms with E-state index in [2.05, 4.69) is 10.6 Å². The number of hydrogen-bond acceptors (Lipinski definition) is 3. The van der Waals surface area contributed by atoms with E-state index in [-0.39, 0.29) is 35.5 Å². The van der Waals surface area contributed by atoms with E-state index in [9.17, 15) is 18.8 Å². The van der Waals surface area contributed by atoms with Crippen LogP contribution in [0.3, 0.4) is 0 Å². The van der Waals surface area contributed by atoms with Gasteiger partial charge in [-0.2, -0.15) is 0 Å². The van der Waals surface area contributed by atoms with Gasteiger partial charge >= 0.3 is 0 Å². The molecular weight excluding hydrogens is 445 g/mol. The van der Waals surface area contributed by atoms with Crippen LogP contribution in [0.25, 0.3) is 0 Å². The lowest BCUT2D eigenvalue weighted by molar-refractivity contribution is -0.121. The molecule has 0 saturated carbocycles. The summed E-state index contributed by atoms with van der Waals surface area (Å²) >= 11 is 0. The minimum absolute atomic E-state index is 0.168. The fraction of sp³-hybridized carbons (Fsp3) is 0.250. The average Bonchev–Trinajstić information content (AvgIpc) is 2.89. The van der Waals surface area contributed by atoms with Crippen molar-refractivity contribution in [3.8, 4) is 0 Å². The second-order valence-electron chi connectivity index (χ2n) is 8.71. The molecule has 3 aromatic rings. The van der Waals surface area contributed by atoms with Gasteiger partial charge in [0, 0.05) is 24.6 Å². The highest BCUT2D eigenvalue weighted by atomic mass is 19.1. The van der Waals surface area contributed by atoms with Gasteiger partial charge in [-0.25, -0.2) is 4.39 Å². The van der Waals surface area contributed by atoms with Crippen molar-refractivity contribution < 1.29 is 18.8 Å². The molecule has 3 aromatic carbocycles. The van der Waals surface area contributed by atoms with E-state index < -0.39 is 0 Å². The molecule has 35 heavy (non-hydrogen) atoms. The minimum Gasteiger partial charge on any atom is -0.345 e. The maximum absolute atomic E-state index is 13.1. The van der Waals surface area contributed by atoms with Crippen LogP contribution in [-0.4, -0.2) is 35.7 Å². The van der Waals surface area contributed by atoms with Gasteiger partial charge in [0.05, 0.1) is 17.3 Å². The Morgan fingerprint density at radius 2 is 1.51 bits per heavy atom. The monoisotopic (exact) mass is 473 g/mol. The van der Waals surface area contributed by atoms with Crippen LogP contribution in [0.2, 0.25) is 0 Å². The predicted octanol–water partition coefficient (Wildman–Crippen LogP) is 4.81. The SMILES string of the molecule is CC(NC(=O)c1ccccc1NC(=O)C1CCN(C(=O)c2ccc(F)cc2)CC1)c1ccccc1. The number of para-hydroxylation sites is 1. The smallest absolute Gasteiger partial charge is 0.253 e. The number of amides is 3. The number of rotatable bonds is 6. The number of likely N-dealkylation sites (tertiary alicyclic amines) is 1. The molecule has 1 aliphatic heterocycles. The van der Waals surface area contributed by atoms with Crippen LogP contribution in [0.4, 0.5) is 10.1 Å². The van der Waals surface area contributed by atoms with Crippen molar-refractivity contribution in [2.45, 2.75) is 25.8 Å². The zero-order valence-electron chi connectivity index (χ0n) is 19.5.